The molecule has 0 unspecified atom stereocenters. The molecule has 2 aromatic carbocycles. The monoisotopic (exact) mass is 391 g/mol. The van der Waals surface area contributed by atoms with Crippen LogP contribution < -0.4 is 20.2 Å². The normalized spacial score (nSPS) is 10.9. The van der Waals surface area contributed by atoms with E-state index >= 15 is 0 Å². The zero-order valence-electron chi connectivity index (χ0n) is 14.9. The van der Waals surface area contributed by atoms with Crippen molar-refractivity contribution in [3.8, 4) is 17.2 Å². The summed E-state index contributed by atoms with van der Waals surface area (Å²) in [7, 11) is 2.85. The number of amides is 2. The zero-order chi connectivity index (χ0) is 20.0. The van der Waals surface area contributed by atoms with Crippen LogP contribution in [-0.4, -0.2) is 36.9 Å². The highest BCUT2D eigenvalue weighted by atomic mass is 35.5. The summed E-state index contributed by atoms with van der Waals surface area (Å²) in [4.78, 5) is 24.0. The Labute approximate surface area is 160 Å². The van der Waals surface area contributed by atoms with Crippen LogP contribution in [0.3, 0.4) is 0 Å². The van der Waals surface area contributed by atoms with E-state index in [1.54, 1.807) is 31.2 Å². The van der Waals surface area contributed by atoms with Crippen LogP contribution >= 0.6 is 11.6 Å². The molecule has 0 fully saturated rings. The van der Waals surface area contributed by atoms with E-state index in [1.807, 2.05) is 0 Å². The van der Waals surface area contributed by atoms with E-state index in [4.69, 9.17) is 21.1 Å². The Bertz CT molecular complexity index is 899. The molecule has 2 amide bonds. The van der Waals surface area contributed by atoms with Gasteiger partial charge in [-0.25, -0.2) is 5.43 Å². The van der Waals surface area contributed by atoms with Gasteiger partial charge in [0, 0.05) is 10.6 Å². The molecule has 0 spiro atoms. The number of hydrogen-bond donors (Lipinski definition) is 3. The molecule has 0 radical (unpaired) electrons. The average Bonchev–Trinajstić information content (AvgIpc) is 2.66. The third-order valence-electron chi connectivity index (χ3n) is 3.54. The SMILES string of the molecule is COc1cc(/C(C)=N/NC(=O)C(=O)Nc2cc(Cl)ccc2OC)ccc1O. The highest BCUT2D eigenvalue weighted by molar-refractivity contribution is 6.40. The zero-order valence-corrected chi connectivity index (χ0v) is 15.6. The molecule has 0 aliphatic carbocycles. The van der Waals surface area contributed by atoms with E-state index in [0.29, 0.717) is 22.0 Å². The summed E-state index contributed by atoms with van der Waals surface area (Å²) in [6.45, 7) is 1.63. The van der Waals surface area contributed by atoms with Gasteiger partial charge >= 0.3 is 11.8 Å². The minimum absolute atomic E-state index is 0.0204. The number of methoxy groups -OCH3 is 2. The molecular formula is C18H18ClN3O5. The van der Waals surface area contributed by atoms with Crippen LogP contribution in [0.5, 0.6) is 17.2 Å². The topological polar surface area (TPSA) is 109 Å². The largest absolute Gasteiger partial charge is 0.504 e. The quantitative estimate of drug-likeness (QED) is 0.412. The maximum atomic E-state index is 12.0. The van der Waals surface area contributed by atoms with Gasteiger partial charge in [0.1, 0.15) is 5.75 Å². The van der Waals surface area contributed by atoms with Gasteiger partial charge in [-0.1, -0.05) is 11.6 Å². The standard InChI is InChI=1S/C18H18ClN3O5/c1-10(11-4-6-14(23)16(8-11)27-3)21-22-18(25)17(24)20-13-9-12(19)5-7-15(13)26-2/h4-9,23H,1-3H3,(H,20,24)(H,22,25)/b21-10+. The molecule has 0 aliphatic rings. The van der Waals surface area contributed by atoms with Crippen molar-refractivity contribution < 1.29 is 24.2 Å². The minimum Gasteiger partial charge on any atom is -0.504 e. The Hall–Kier alpha value is -3.26. The van der Waals surface area contributed by atoms with Crippen LogP contribution in [-0.2, 0) is 9.59 Å². The predicted molar refractivity (Wildman–Crippen MR) is 102 cm³/mol. The summed E-state index contributed by atoms with van der Waals surface area (Å²) < 4.78 is 10.1. The van der Waals surface area contributed by atoms with Crippen molar-refractivity contribution in [2.75, 3.05) is 19.5 Å². The van der Waals surface area contributed by atoms with Gasteiger partial charge < -0.3 is 19.9 Å². The van der Waals surface area contributed by atoms with Crippen molar-refractivity contribution in [3.63, 3.8) is 0 Å². The van der Waals surface area contributed by atoms with Crippen LogP contribution in [0.2, 0.25) is 5.02 Å². The van der Waals surface area contributed by atoms with Crippen molar-refractivity contribution in [1.29, 1.82) is 0 Å². The van der Waals surface area contributed by atoms with Crippen LogP contribution in [0.25, 0.3) is 0 Å². The smallest absolute Gasteiger partial charge is 0.329 e. The number of nitrogens with one attached hydrogen (secondary N) is 2. The van der Waals surface area contributed by atoms with Gasteiger partial charge in [0.2, 0.25) is 0 Å². The molecule has 0 atom stereocenters. The van der Waals surface area contributed by atoms with Crippen LogP contribution in [0.4, 0.5) is 5.69 Å². The third-order valence-corrected chi connectivity index (χ3v) is 3.77. The van der Waals surface area contributed by atoms with Crippen molar-refractivity contribution in [2.24, 2.45) is 5.10 Å². The molecule has 0 heterocycles. The number of ether oxygens (including phenoxy) is 2. The summed E-state index contributed by atoms with van der Waals surface area (Å²) in [6.07, 6.45) is 0. The third kappa shape index (κ3) is 5.11. The van der Waals surface area contributed by atoms with Crippen molar-refractivity contribution in [3.05, 3.63) is 47.0 Å². The van der Waals surface area contributed by atoms with E-state index in [9.17, 15) is 14.7 Å². The predicted octanol–water partition coefficient (Wildman–Crippen LogP) is 2.54. The number of hydrogen-bond acceptors (Lipinski definition) is 6. The summed E-state index contributed by atoms with van der Waals surface area (Å²) in [5.74, 6) is -1.30. The lowest BCUT2D eigenvalue weighted by molar-refractivity contribution is -0.136. The summed E-state index contributed by atoms with van der Waals surface area (Å²) in [6, 6.07) is 9.21. The highest BCUT2D eigenvalue weighted by Crippen LogP contribution is 2.28. The number of carbonyl (C=O) groups is 2. The second-order valence-corrected chi connectivity index (χ2v) is 5.76. The molecule has 0 saturated carbocycles. The Morgan fingerprint density at radius 1 is 1.04 bits per heavy atom. The molecule has 2 aromatic rings. The first-order chi connectivity index (χ1) is 12.8. The number of anilines is 1. The number of carbonyl (C=O) groups excluding carboxylic acids is 2. The van der Waals surface area contributed by atoms with Crippen molar-refractivity contribution in [2.45, 2.75) is 6.92 Å². The summed E-state index contributed by atoms with van der Waals surface area (Å²) >= 11 is 5.89. The van der Waals surface area contributed by atoms with Crippen molar-refractivity contribution >= 4 is 34.8 Å². The molecule has 0 aliphatic heterocycles. The number of nitrogens with zero attached hydrogens (tertiary/aromatic N) is 1. The van der Waals surface area contributed by atoms with E-state index in [2.05, 4.69) is 15.8 Å². The van der Waals surface area contributed by atoms with E-state index < -0.39 is 11.8 Å². The number of benzene rings is 2. The van der Waals surface area contributed by atoms with Gasteiger partial charge in [0.15, 0.2) is 11.5 Å². The summed E-state index contributed by atoms with van der Waals surface area (Å²) in [5.41, 5.74) is 3.43. The first kappa shape index (κ1) is 20.1. The van der Waals surface area contributed by atoms with Crippen LogP contribution in [0.15, 0.2) is 41.5 Å². The highest BCUT2D eigenvalue weighted by Gasteiger charge is 2.16. The molecule has 27 heavy (non-hydrogen) atoms. The Kier molecular flexibility index (Phi) is 6.62. The molecule has 142 valence electrons. The maximum absolute atomic E-state index is 12.0. The van der Waals surface area contributed by atoms with Crippen molar-refractivity contribution in [1.82, 2.24) is 5.43 Å². The second-order valence-electron chi connectivity index (χ2n) is 5.32. The Morgan fingerprint density at radius 3 is 2.41 bits per heavy atom. The van der Waals surface area contributed by atoms with Crippen LogP contribution in [0.1, 0.15) is 12.5 Å². The van der Waals surface area contributed by atoms with E-state index in [1.165, 1.54) is 26.4 Å². The van der Waals surface area contributed by atoms with Gasteiger partial charge in [-0.15, -0.1) is 0 Å². The lowest BCUT2D eigenvalue weighted by Crippen LogP contribution is -2.33. The summed E-state index contributed by atoms with van der Waals surface area (Å²) in [5, 5.41) is 16.3. The fraction of sp³-hybridized carbons (Fsp3) is 0.167. The second kappa shape index (κ2) is 8.91. The molecule has 0 bridgehead atoms. The maximum Gasteiger partial charge on any atom is 0.329 e. The Balaban J connectivity index is 2.07. The molecule has 3 N–H and O–H groups in total. The van der Waals surface area contributed by atoms with E-state index in [0.717, 1.165) is 0 Å². The van der Waals surface area contributed by atoms with Gasteiger partial charge in [-0.2, -0.15) is 5.10 Å². The number of halogens is 1. The number of phenols is 1. The molecule has 0 saturated heterocycles. The Morgan fingerprint density at radius 2 is 1.74 bits per heavy atom. The first-order valence-electron chi connectivity index (χ1n) is 7.72. The minimum atomic E-state index is -0.970. The number of hydrazone groups is 1. The van der Waals surface area contributed by atoms with E-state index in [-0.39, 0.29) is 17.2 Å². The first-order valence-corrected chi connectivity index (χ1v) is 8.10. The molecule has 2 rings (SSSR count). The fourth-order valence-corrected chi connectivity index (χ4v) is 2.28. The van der Waals surface area contributed by atoms with Gasteiger partial charge in [-0.3, -0.25) is 9.59 Å². The fourth-order valence-electron chi connectivity index (χ4n) is 2.11. The number of phenolic OH excluding ortho intramolecular Hbond substituents is 1. The average molecular weight is 392 g/mol. The van der Waals surface area contributed by atoms with Crippen LogP contribution in [0, 0.1) is 0 Å². The molecule has 0 aromatic heterocycles. The number of aromatic hydroxyl groups is 1. The lowest BCUT2D eigenvalue weighted by atomic mass is 10.1. The molecule has 8 nitrogen and oxygen atoms in total. The van der Waals surface area contributed by atoms with Gasteiger partial charge in [0.05, 0.1) is 25.6 Å². The van der Waals surface area contributed by atoms with Gasteiger partial charge in [-0.05, 0) is 43.3 Å². The molecular weight excluding hydrogens is 374 g/mol. The lowest BCUT2D eigenvalue weighted by Gasteiger charge is -2.10. The number of rotatable bonds is 5. The van der Waals surface area contributed by atoms with Gasteiger partial charge in [0.25, 0.3) is 0 Å². The molecule has 9 heteroatoms.